The van der Waals surface area contributed by atoms with Gasteiger partial charge in [0, 0.05) is 29.4 Å². The van der Waals surface area contributed by atoms with Gasteiger partial charge in [-0.3, -0.25) is 14.4 Å². The molecule has 2 N–H and O–H groups in total. The molecule has 284 valence electrons. The van der Waals surface area contributed by atoms with Crippen molar-refractivity contribution >= 4 is 11.9 Å². The maximum atomic E-state index is 16.7. The molecule has 1 saturated carbocycles. The van der Waals surface area contributed by atoms with Crippen molar-refractivity contribution in [2.75, 3.05) is 13.1 Å². The predicted octanol–water partition coefficient (Wildman–Crippen LogP) is 8.20. The molecule has 2 aromatic carbocycles. The first kappa shape index (κ1) is 39.6. The van der Waals surface area contributed by atoms with E-state index in [1.54, 1.807) is 13.8 Å². The molecule has 0 bridgehead atoms. The highest BCUT2D eigenvalue weighted by molar-refractivity contribution is 5.82. The fraction of sp³-hybridized carbons (Fsp3) is 0.475. The van der Waals surface area contributed by atoms with E-state index in [9.17, 15) is 37.1 Å². The normalized spacial score (nSPS) is 16.6. The van der Waals surface area contributed by atoms with Crippen LogP contribution in [0.2, 0.25) is 0 Å². The molecule has 1 aliphatic carbocycles. The SMILES string of the molecule is CC#Cc1cc(-c2c(C)cc(F)cc2C)c(F)c(C(CC(=O)O)NC(=O)C(CC(C)C)n2cc(C3CCN(C4CC4)CC3)c(C(F)(F)F)cc2=O)c1F. The topological polar surface area (TPSA) is 91.6 Å². The van der Waals surface area contributed by atoms with E-state index in [4.69, 9.17) is 0 Å². The molecule has 3 aromatic rings. The molecule has 2 heterocycles. The number of likely N-dealkylation sites (tertiary alicyclic amines) is 1. The summed E-state index contributed by atoms with van der Waals surface area (Å²) in [4.78, 5) is 42.1. The standard InChI is InChI=1S/C40H43F6N3O4/c1-6-7-25-17-28(35-22(4)15-26(41)16-23(35)5)38(43)36(37(25)42)31(19-34(51)52)47-39(53)32(14-21(2)3)49-20-29(30(18-33(49)50)40(44,45)46)24-10-12-48(13-11-24)27-8-9-27/h15-18,20-21,24,27,31-32H,8-14,19H2,1-5H3,(H,47,53)(H,51,52). The monoisotopic (exact) mass is 743 g/mol. The lowest BCUT2D eigenvalue weighted by Gasteiger charge is -2.34. The molecule has 13 heteroatoms. The van der Waals surface area contributed by atoms with Gasteiger partial charge in [-0.05, 0) is 118 Å². The molecule has 2 atom stereocenters. The highest BCUT2D eigenvalue weighted by Gasteiger charge is 2.40. The van der Waals surface area contributed by atoms with E-state index >= 15 is 8.78 Å². The Morgan fingerprint density at radius 1 is 0.981 bits per heavy atom. The van der Waals surface area contributed by atoms with Crippen LogP contribution in [0, 0.1) is 49.1 Å². The number of aryl methyl sites for hydroxylation is 2. The molecule has 1 saturated heterocycles. The summed E-state index contributed by atoms with van der Waals surface area (Å²) >= 11 is 0. The van der Waals surface area contributed by atoms with Gasteiger partial charge in [0.05, 0.1) is 23.6 Å². The molecule has 1 aliphatic heterocycles. The summed E-state index contributed by atoms with van der Waals surface area (Å²) in [5, 5.41) is 12.3. The van der Waals surface area contributed by atoms with Crippen LogP contribution in [0.25, 0.3) is 11.1 Å². The average molecular weight is 744 g/mol. The van der Waals surface area contributed by atoms with E-state index in [1.807, 2.05) is 0 Å². The van der Waals surface area contributed by atoms with Gasteiger partial charge in [-0.15, -0.1) is 5.92 Å². The zero-order valence-electron chi connectivity index (χ0n) is 30.3. The van der Waals surface area contributed by atoms with Crippen molar-refractivity contribution in [3.05, 3.63) is 91.6 Å². The van der Waals surface area contributed by atoms with Gasteiger partial charge in [0.2, 0.25) is 5.91 Å². The number of benzene rings is 2. The van der Waals surface area contributed by atoms with E-state index in [-0.39, 0.29) is 34.6 Å². The van der Waals surface area contributed by atoms with Crippen molar-refractivity contribution in [1.82, 2.24) is 14.8 Å². The molecule has 2 fully saturated rings. The van der Waals surface area contributed by atoms with Gasteiger partial charge in [0.25, 0.3) is 5.56 Å². The smallest absolute Gasteiger partial charge is 0.416 e. The van der Waals surface area contributed by atoms with Crippen LogP contribution >= 0.6 is 0 Å². The number of carboxylic acid groups (broad SMARTS) is 1. The largest absolute Gasteiger partial charge is 0.481 e. The number of pyridine rings is 1. The highest BCUT2D eigenvalue weighted by Crippen LogP contribution is 2.41. The van der Waals surface area contributed by atoms with Crippen LogP contribution in [0.3, 0.4) is 0 Å². The van der Waals surface area contributed by atoms with Gasteiger partial charge in [-0.2, -0.15) is 13.2 Å². The summed E-state index contributed by atoms with van der Waals surface area (Å²) in [5.41, 5.74) is -2.78. The summed E-state index contributed by atoms with van der Waals surface area (Å²) in [6, 6.07) is 1.09. The quantitative estimate of drug-likeness (QED) is 0.153. The fourth-order valence-electron chi connectivity index (χ4n) is 7.56. The van der Waals surface area contributed by atoms with Crippen molar-refractivity contribution < 1.29 is 41.0 Å². The van der Waals surface area contributed by atoms with Crippen LogP contribution in [0.1, 0.15) is 111 Å². The maximum Gasteiger partial charge on any atom is 0.416 e. The molecular formula is C40H43F6N3O4. The van der Waals surface area contributed by atoms with Crippen molar-refractivity contribution in [1.29, 1.82) is 0 Å². The Morgan fingerprint density at radius 3 is 2.13 bits per heavy atom. The zero-order chi connectivity index (χ0) is 38.9. The third-order valence-electron chi connectivity index (χ3n) is 10.1. The zero-order valence-corrected chi connectivity index (χ0v) is 30.3. The Labute approximate surface area is 304 Å². The summed E-state index contributed by atoms with van der Waals surface area (Å²) in [6.45, 7) is 9.11. The number of rotatable bonds is 11. The first-order valence-corrected chi connectivity index (χ1v) is 17.7. The van der Waals surface area contributed by atoms with Crippen molar-refractivity contribution in [3.8, 4) is 23.0 Å². The molecule has 53 heavy (non-hydrogen) atoms. The van der Waals surface area contributed by atoms with Crippen molar-refractivity contribution in [2.24, 2.45) is 5.92 Å². The Hall–Kier alpha value is -4.57. The van der Waals surface area contributed by atoms with E-state index < -0.39 is 76.6 Å². The van der Waals surface area contributed by atoms with Gasteiger partial charge in [-0.1, -0.05) is 19.8 Å². The predicted molar refractivity (Wildman–Crippen MR) is 188 cm³/mol. The van der Waals surface area contributed by atoms with Gasteiger partial charge < -0.3 is 19.9 Å². The molecular weight excluding hydrogens is 700 g/mol. The second kappa shape index (κ2) is 15.8. The fourth-order valence-corrected chi connectivity index (χ4v) is 7.56. The number of aromatic nitrogens is 1. The summed E-state index contributed by atoms with van der Waals surface area (Å²) in [7, 11) is 0. The molecule has 1 aromatic heterocycles. The second-order valence-electron chi connectivity index (χ2n) is 14.5. The first-order chi connectivity index (χ1) is 24.9. The summed E-state index contributed by atoms with van der Waals surface area (Å²) in [5.74, 6) is -1.31. The van der Waals surface area contributed by atoms with Gasteiger partial charge >= 0.3 is 12.1 Å². The van der Waals surface area contributed by atoms with Crippen LogP contribution in [0.5, 0.6) is 0 Å². The number of halogens is 6. The van der Waals surface area contributed by atoms with Crippen LogP contribution in [-0.4, -0.2) is 45.6 Å². The van der Waals surface area contributed by atoms with Gasteiger partial charge in [0.1, 0.15) is 23.5 Å². The number of amides is 1. The number of nitrogens with zero attached hydrogens (tertiary/aromatic N) is 2. The first-order valence-electron chi connectivity index (χ1n) is 17.7. The Balaban J connectivity index is 1.61. The molecule has 5 rings (SSSR count). The molecule has 0 spiro atoms. The molecule has 1 amide bonds. The van der Waals surface area contributed by atoms with Crippen LogP contribution in [-0.2, 0) is 15.8 Å². The number of carboxylic acids is 1. The Kier molecular flexibility index (Phi) is 11.8. The number of nitrogens with one attached hydrogen (secondary N) is 1. The molecule has 2 unspecified atom stereocenters. The third-order valence-corrected chi connectivity index (χ3v) is 10.1. The number of hydrogen-bond acceptors (Lipinski definition) is 4. The van der Waals surface area contributed by atoms with Crippen molar-refractivity contribution in [3.63, 3.8) is 0 Å². The van der Waals surface area contributed by atoms with Gasteiger partial charge in [0.15, 0.2) is 0 Å². The molecule has 0 radical (unpaired) electrons. The number of carbonyl (C=O) groups is 2. The van der Waals surface area contributed by atoms with Crippen LogP contribution in [0.4, 0.5) is 26.3 Å². The summed E-state index contributed by atoms with van der Waals surface area (Å²) in [6.07, 6.45) is -1.88. The minimum absolute atomic E-state index is 0.0675. The van der Waals surface area contributed by atoms with E-state index in [0.29, 0.717) is 49.2 Å². The lowest BCUT2D eigenvalue weighted by Crippen LogP contribution is -2.41. The highest BCUT2D eigenvalue weighted by atomic mass is 19.4. The molecule has 2 aliphatic rings. The second-order valence-corrected chi connectivity index (χ2v) is 14.5. The van der Waals surface area contributed by atoms with Crippen LogP contribution < -0.4 is 10.9 Å². The van der Waals surface area contributed by atoms with E-state index in [1.165, 1.54) is 20.8 Å². The van der Waals surface area contributed by atoms with E-state index in [0.717, 1.165) is 41.8 Å². The number of aliphatic carboxylic acids is 1. The average Bonchev–Trinajstić information content (AvgIpc) is 3.90. The minimum Gasteiger partial charge on any atom is -0.481 e. The Morgan fingerprint density at radius 2 is 1.60 bits per heavy atom. The van der Waals surface area contributed by atoms with Crippen molar-refractivity contribution in [2.45, 2.75) is 103 Å². The lowest BCUT2D eigenvalue weighted by molar-refractivity contribution is -0.139. The number of carbonyl (C=O) groups excluding carboxylic acids is 1. The summed E-state index contributed by atoms with van der Waals surface area (Å²) < 4.78 is 91.1. The van der Waals surface area contributed by atoms with Crippen LogP contribution in [0.15, 0.2) is 35.3 Å². The van der Waals surface area contributed by atoms with Gasteiger partial charge in [-0.25, -0.2) is 13.2 Å². The van der Waals surface area contributed by atoms with E-state index in [2.05, 4.69) is 22.1 Å². The number of hydrogen-bond donors (Lipinski definition) is 2. The number of alkyl halides is 3. The third kappa shape index (κ3) is 8.81. The lowest BCUT2D eigenvalue weighted by atomic mass is 9.87. The molecule has 7 nitrogen and oxygen atoms in total. The Bertz CT molecular complexity index is 1990. The maximum absolute atomic E-state index is 16.7. The number of piperidine rings is 1. The minimum atomic E-state index is -4.84.